The van der Waals surface area contributed by atoms with Gasteiger partial charge in [-0.3, -0.25) is 15.1 Å². The molecule has 2 rings (SSSR count). The molecule has 0 unspecified atom stereocenters. The van der Waals surface area contributed by atoms with Crippen LogP contribution in [0.15, 0.2) is 36.5 Å². The third kappa shape index (κ3) is 1.96. The number of hydrogen-bond donors (Lipinski definition) is 0. The summed E-state index contributed by atoms with van der Waals surface area (Å²) in [4.78, 5) is 17.7. The average Bonchev–Trinajstić information content (AvgIpc) is 2.30. The van der Waals surface area contributed by atoms with E-state index in [9.17, 15) is 10.1 Å². The van der Waals surface area contributed by atoms with Gasteiger partial charge in [-0.15, -0.1) is 0 Å². The third-order valence-corrected chi connectivity index (χ3v) is 1.81. The number of rotatable bonds is 2. The number of pyridine rings is 2. The zero-order chi connectivity index (χ0) is 10.7. The largest absolute Gasteiger partial charge is 0.297 e. The monoisotopic (exact) mass is 200 g/mol. The summed E-state index contributed by atoms with van der Waals surface area (Å²) in [5, 5.41) is 10.4. The van der Waals surface area contributed by atoms with E-state index >= 15 is 0 Å². The number of nitro groups is 1. The van der Waals surface area contributed by atoms with Crippen molar-refractivity contribution in [2.24, 2.45) is 0 Å². The highest BCUT2D eigenvalue weighted by Crippen LogP contribution is 2.15. The van der Waals surface area contributed by atoms with E-state index in [4.69, 9.17) is 0 Å². The van der Waals surface area contributed by atoms with Gasteiger partial charge in [0, 0.05) is 12.3 Å². The molecule has 0 bridgehead atoms. The first-order valence-electron chi connectivity index (χ1n) is 4.22. The lowest BCUT2D eigenvalue weighted by Crippen LogP contribution is -1.91. The van der Waals surface area contributed by atoms with E-state index < -0.39 is 4.92 Å². The van der Waals surface area contributed by atoms with Crippen molar-refractivity contribution in [3.05, 3.63) is 52.8 Å². The second-order valence-corrected chi connectivity index (χ2v) is 2.80. The summed E-state index contributed by atoms with van der Waals surface area (Å²) in [6, 6.07) is 8.31. The van der Waals surface area contributed by atoms with Crippen LogP contribution in [0.2, 0.25) is 0 Å². The Kier molecular flexibility index (Phi) is 2.37. The van der Waals surface area contributed by atoms with Crippen LogP contribution in [0, 0.1) is 16.3 Å². The Morgan fingerprint density at radius 3 is 2.60 bits per heavy atom. The molecule has 0 saturated heterocycles. The van der Waals surface area contributed by atoms with Gasteiger partial charge in [0.2, 0.25) is 0 Å². The Balaban J connectivity index is 2.36. The lowest BCUT2D eigenvalue weighted by Gasteiger charge is -1.97. The van der Waals surface area contributed by atoms with E-state index in [2.05, 4.69) is 16.2 Å². The van der Waals surface area contributed by atoms with Crippen molar-refractivity contribution in [3.63, 3.8) is 0 Å². The molecule has 0 aliphatic heterocycles. The van der Waals surface area contributed by atoms with E-state index in [0.29, 0.717) is 11.4 Å². The van der Waals surface area contributed by atoms with Crippen LogP contribution in [0.4, 0.5) is 5.69 Å². The predicted octanol–water partition coefficient (Wildman–Crippen LogP) is 1.85. The zero-order valence-corrected chi connectivity index (χ0v) is 7.62. The molecule has 5 heteroatoms. The molecule has 0 amide bonds. The Hall–Kier alpha value is -2.30. The Morgan fingerprint density at radius 2 is 2.07 bits per heavy atom. The van der Waals surface area contributed by atoms with Crippen LogP contribution < -0.4 is 0 Å². The highest BCUT2D eigenvalue weighted by atomic mass is 16.6. The first kappa shape index (κ1) is 9.26. The molecule has 0 N–H and O–H groups in total. The first-order valence-corrected chi connectivity index (χ1v) is 4.22. The van der Waals surface area contributed by atoms with Gasteiger partial charge >= 0.3 is 0 Å². The molecule has 2 aromatic rings. The molecular weight excluding hydrogens is 194 g/mol. The quantitative estimate of drug-likeness (QED) is 0.548. The maximum absolute atomic E-state index is 10.4. The summed E-state index contributed by atoms with van der Waals surface area (Å²) in [5.41, 5.74) is 1.10. The Bertz CT molecular complexity index is 468. The Morgan fingerprint density at radius 1 is 1.20 bits per heavy atom. The van der Waals surface area contributed by atoms with E-state index in [1.54, 1.807) is 24.4 Å². The van der Waals surface area contributed by atoms with Crippen molar-refractivity contribution in [1.82, 2.24) is 9.97 Å². The normalized spacial score (nSPS) is 9.87. The highest BCUT2D eigenvalue weighted by Gasteiger charge is 2.07. The SMILES string of the molecule is O=[N+]([O-])c1[c]nc(-c2ccccn2)cc1. The minimum Gasteiger partial charge on any atom is -0.258 e. The third-order valence-electron chi connectivity index (χ3n) is 1.81. The zero-order valence-electron chi connectivity index (χ0n) is 7.62. The van der Waals surface area contributed by atoms with Gasteiger partial charge in [0.05, 0.1) is 16.3 Å². The first-order chi connectivity index (χ1) is 7.27. The molecule has 0 fully saturated rings. The van der Waals surface area contributed by atoms with Crippen molar-refractivity contribution in [3.8, 4) is 11.4 Å². The van der Waals surface area contributed by atoms with Gasteiger partial charge in [0.25, 0.3) is 5.69 Å². The van der Waals surface area contributed by atoms with Crippen molar-refractivity contribution in [2.75, 3.05) is 0 Å². The molecular formula is C10H6N3O2. The van der Waals surface area contributed by atoms with E-state index in [1.807, 2.05) is 6.07 Å². The van der Waals surface area contributed by atoms with Crippen LogP contribution in [-0.2, 0) is 0 Å². The van der Waals surface area contributed by atoms with Gasteiger partial charge in [0.15, 0.2) is 6.20 Å². The topological polar surface area (TPSA) is 68.9 Å². The minimum absolute atomic E-state index is 0.144. The van der Waals surface area contributed by atoms with Gasteiger partial charge in [0.1, 0.15) is 0 Å². The summed E-state index contributed by atoms with van der Waals surface area (Å²) in [7, 11) is 0. The predicted molar refractivity (Wildman–Crippen MR) is 53.0 cm³/mol. The van der Waals surface area contributed by atoms with Gasteiger partial charge in [-0.25, -0.2) is 4.98 Å². The second kappa shape index (κ2) is 3.83. The maximum atomic E-state index is 10.4. The van der Waals surface area contributed by atoms with Crippen molar-refractivity contribution in [2.45, 2.75) is 0 Å². The molecule has 0 aliphatic rings. The van der Waals surface area contributed by atoms with Gasteiger partial charge in [-0.1, -0.05) is 6.07 Å². The fourth-order valence-electron chi connectivity index (χ4n) is 1.11. The average molecular weight is 200 g/mol. The van der Waals surface area contributed by atoms with Crippen molar-refractivity contribution < 1.29 is 4.92 Å². The lowest BCUT2D eigenvalue weighted by atomic mass is 10.2. The smallest absolute Gasteiger partial charge is 0.258 e. The van der Waals surface area contributed by atoms with Crippen molar-refractivity contribution in [1.29, 1.82) is 0 Å². The lowest BCUT2D eigenvalue weighted by molar-refractivity contribution is -0.385. The number of aromatic nitrogens is 2. The van der Waals surface area contributed by atoms with E-state index in [0.717, 1.165) is 0 Å². The fraction of sp³-hybridized carbons (Fsp3) is 0. The molecule has 15 heavy (non-hydrogen) atoms. The van der Waals surface area contributed by atoms with Crippen LogP contribution >= 0.6 is 0 Å². The molecule has 73 valence electrons. The van der Waals surface area contributed by atoms with Gasteiger partial charge < -0.3 is 0 Å². The summed E-state index contributed by atoms with van der Waals surface area (Å²) < 4.78 is 0. The van der Waals surface area contributed by atoms with Gasteiger partial charge in [-0.05, 0) is 18.2 Å². The minimum atomic E-state index is -0.533. The highest BCUT2D eigenvalue weighted by molar-refractivity contribution is 5.54. The molecule has 0 spiro atoms. The fourth-order valence-corrected chi connectivity index (χ4v) is 1.11. The molecule has 0 saturated carbocycles. The summed E-state index contributed by atoms with van der Waals surface area (Å²) in [5.74, 6) is 0. The van der Waals surface area contributed by atoms with Gasteiger partial charge in [-0.2, -0.15) is 0 Å². The molecule has 2 aromatic heterocycles. The molecule has 2 heterocycles. The summed E-state index contributed by atoms with van der Waals surface area (Å²) >= 11 is 0. The molecule has 0 aromatic carbocycles. The molecule has 5 nitrogen and oxygen atoms in total. The number of nitrogens with zero attached hydrogens (tertiary/aromatic N) is 3. The molecule has 1 radical (unpaired) electrons. The summed E-state index contributed by atoms with van der Waals surface area (Å²) in [6.45, 7) is 0. The van der Waals surface area contributed by atoms with E-state index in [-0.39, 0.29) is 5.69 Å². The van der Waals surface area contributed by atoms with Crippen LogP contribution in [0.1, 0.15) is 0 Å². The summed E-state index contributed by atoms with van der Waals surface area (Å²) in [6.07, 6.45) is 3.98. The van der Waals surface area contributed by atoms with E-state index in [1.165, 1.54) is 6.07 Å². The van der Waals surface area contributed by atoms with Crippen LogP contribution in [0.25, 0.3) is 11.4 Å². The van der Waals surface area contributed by atoms with Crippen molar-refractivity contribution >= 4 is 5.69 Å². The second-order valence-electron chi connectivity index (χ2n) is 2.80. The van der Waals surface area contributed by atoms with Crippen LogP contribution in [0.3, 0.4) is 0 Å². The molecule has 0 aliphatic carbocycles. The number of hydrogen-bond acceptors (Lipinski definition) is 4. The maximum Gasteiger partial charge on any atom is 0.297 e. The van der Waals surface area contributed by atoms with Crippen LogP contribution in [0.5, 0.6) is 0 Å². The van der Waals surface area contributed by atoms with Crippen LogP contribution in [-0.4, -0.2) is 14.9 Å². The standard InChI is InChI=1S/C10H6N3O2/c14-13(15)8-4-5-10(12-7-8)9-3-1-2-6-11-9/h1-6H. The Labute approximate surface area is 85.6 Å². The molecule has 0 atom stereocenters.